The van der Waals surface area contributed by atoms with E-state index >= 15 is 0 Å². The van der Waals surface area contributed by atoms with Crippen LogP contribution in [0.1, 0.15) is 17.2 Å². The van der Waals surface area contributed by atoms with Gasteiger partial charge >= 0.3 is 0 Å². The van der Waals surface area contributed by atoms with Gasteiger partial charge in [-0.2, -0.15) is 5.10 Å². The van der Waals surface area contributed by atoms with Crippen molar-refractivity contribution in [3.05, 3.63) is 96.3 Å². The topological polar surface area (TPSA) is 35.2 Å². The van der Waals surface area contributed by atoms with Crippen LogP contribution in [0.3, 0.4) is 0 Å². The Hall–Kier alpha value is -2.85. The number of hydrazine groups is 1. The van der Waals surface area contributed by atoms with Gasteiger partial charge in [0, 0.05) is 26.5 Å². The van der Waals surface area contributed by atoms with Crippen LogP contribution in [0.15, 0.2) is 85.2 Å². The Kier molecular flexibility index (Phi) is 5.08. The van der Waals surface area contributed by atoms with Gasteiger partial charge < -0.3 is 5.01 Å². The Balaban J connectivity index is 0.000000290. The van der Waals surface area contributed by atoms with Crippen molar-refractivity contribution in [2.45, 2.75) is 6.04 Å². The number of benzene rings is 2. The van der Waals surface area contributed by atoms with Crippen LogP contribution in [0.25, 0.3) is 5.70 Å². The summed E-state index contributed by atoms with van der Waals surface area (Å²) in [7, 11) is 4.24. The van der Waals surface area contributed by atoms with Crippen LogP contribution in [-0.2, 0) is 0 Å². The van der Waals surface area contributed by atoms with E-state index in [0.29, 0.717) is 6.04 Å². The molecule has 1 atom stereocenters. The number of hydrogen-bond acceptors (Lipinski definition) is 3. The number of hydrogen-bond donors (Lipinski definition) is 1. The molecule has 0 saturated heterocycles. The fourth-order valence-electron chi connectivity index (χ4n) is 2.79. The molecule has 0 bridgehead atoms. The van der Waals surface area contributed by atoms with Gasteiger partial charge in [-0.3, -0.25) is 5.10 Å². The summed E-state index contributed by atoms with van der Waals surface area (Å²) in [5.41, 5.74) is 3.84. The molecule has 1 aliphatic heterocycles. The van der Waals surface area contributed by atoms with Gasteiger partial charge in [-0.15, -0.1) is 0 Å². The highest BCUT2D eigenvalue weighted by Gasteiger charge is 2.27. The predicted octanol–water partition coefficient (Wildman–Crippen LogP) is 3.97. The third kappa shape index (κ3) is 3.55. The number of H-pyrrole nitrogens is 1. The molecule has 1 aromatic heterocycles. The van der Waals surface area contributed by atoms with Gasteiger partial charge in [0.2, 0.25) is 0 Å². The molecule has 0 aliphatic carbocycles. The molecule has 0 radical (unpaired) electrons. The van der Waals surface area contributed by atoms with Crippen molar-refractivity contribution < 1.29 is 0 Å². The van der Waals surface area contributed by atoms with E-state index in [4.69, 9.17) is 0 Å². The average Bonchev–Trinajstić information content (AvgIpc) is 3.31. The predicted molar refractivity (Wildman–Crippen MR) is 97.7 cm³/mol. The summed E-state index contributed by atoms with van der Waals surface area (Å²) >= 11 is 0. The Bertz CT molecular complexity index is 734. The van der Waals surface area contributed by atoms with Crippen molar-refractivity contribution in [1.29, 1.82) is 0 Å². The quantitative estimate of drug-likeness (QED) is 0.776. The second-order valence-electron chi connectivity index (χ2n) is 5.64. The van der Waals surface area contributed by atoms with Crippen molar-refractivity contribution in [2.75, 3.05) is 14.1 Å². The smallest absolute Gasteiger partial charge is 0.0743 e. The number of aromatic amines is 1. The molecule has 1 N–H and O–H groups in total. The van der Waals surface area contributed by atoms with Crippen LogP contribution in [0.4, 0.5) is 0 Å². The molecule has 122 valence electrons. The van der Waals surface area contributed by atoms with Crippen molar-refractivity contribution >= 4 is 5.70 Å². The zero-order valence-electron chi connectivity index (χ0n) is 14.0. The molecule has 0 saturated carbocycles. The summed E-state index contributed by atoms with van der Waals surface area (Å²) in [5, 5.41) is 10.7. The first kappa shape index (κ1) is 16.0. The Morgan fingerprint density at radius 1 is 0.875 bits per heavy atom. The highest BCUT2D eigenvalue weighted by atomic mass is 15.6. The molecule has 4 rings (SSSR count). The second-order valence-corrected chi connectivity index (χ2v) is 5.64. The second kappa shape index (κ2) is 7.62. The molecule has 4 nitrogen and oxygen atoms in total. The number of rotatable bonds is 2. The van der Waals surface area contributed by atoms with Crippen LogP contribution < -0.4 is 0 Å². The van der Waals surface area contributed by atoms with Gasteiger partial charge in [0.25, 0.3) is 0 Å². The molecule has 0 amide bonds. The molecular weight excluding hydrogens is 296 g/mol. The van der Waals surface area contributed by atoms with Gasteiger partial charge in [0.15, 0.2) is 0 Å². The molecule has 2 heterocycles. The van der Waals surface area contributed by atoms with Gasteiger partial charge in [0.1, 0.15) is 0 Å². The zero-order valence-corrected chi connectivity index (χ0v) is 14.0. The number of aromatic nitrogens is 2. The normalized spacial score (nSPS) is 17.2. The van der Waals surface area contributed by atoms with Gasteiger partial charge in [-0.05, 0) is 23.3 Å². The van der Waals surface area contributed by atoms with E-state index in [1.807, 2.05) is 6.07 Å². The minimum atomic E-state index is 0.307. The maximum Gasteiger partial charge on any atom is 0.0743 e. The fourth-order valence-corrected chi connectivity index (χ4v) is 2.79. The maximum absolute atomic E-state index is 3.60. The number of nitrogens with one attached hydrogen (secondary N) is 1. The zero-order chi connectivity index (χ0) is 16.8. The molecule has 1 aliphatic rings. The van der Waals surface area contributed by atoms with E-state index < -0.39 is 0 Å². The van der Waals surface area contributed by atoms with Crippen LogP contribution in [0, 0.1) is 0 Å². The van der Waals surface area contributed by atoms with E-state index in [0.717, 1.165) is 0 Å². The SMILES string of the molecule is CN1C(c2ccccc2)=CC(c2ccccc2)N1C.c1cn[nH]c1. The minimum absolute atomic E-state index is 0.307. The minimum Gasteiger partial charge on any atom is -0.308 e. The van der Waals surface area contributed by atoms with Crippen LogP contribution in [0.2, 0.25) is 0 Å². The molecule has 0 spiro atoms. The van der Waals surface area contributed by atoms with Gasteiger partial charge in [-0.1, -0.05) is 60.7 Å². The van der Waals surface area contributed by atoms with Crippen LogP contribution >= 0.6 is 0 Å². The van der Waals surface area contributed by atoms with E-state index in [1.54, 1.807) is 12.4 Å². The summed E-state index contributed by atoms with van der Waals surface area (Å²) in [6.07, 6.45) is 5.78. The first-order chi connectivity index (χ1) is 11.8. The summed E-state index contributed by atoms with van der Waals surface area (Å²) in [4.78, 5) is 0. The lowest BCUT2D eigenvalue weighted by Crippen LogP contribution is -2.31. The summed E-state index contributed by atoms with van der Waals surface area (Å²) in [5.74, 6) is 0. The Morgan fingerprint density at radius 3 is 2.08 bits per heavy atom. The summed E-state index contributed by atoms with van der Waals surface area (Å²) in [6.45, 7) is 0. The van der Waals surface area contributed by atoms with Gasteiger partial charge in [-0.25, -0.2) is 5.01 Å². The molecule has 3 aromatic rings. The molecule has 4 heteroatoms. The van der Waals surface area contributed by atoms with Crippen molar-refractivity contribution in [2.24, 2.45) is 0 Å². The third-order valence-electron chi connectivity index (χ3n) is 4.16. The highest BCUT2D eigenvalue weighted by Crippen LogP contribution is 2.35. The van der Waals surface area contributed by atoms with Gasteiger partial charge in [0.05, 0.1) is 11.7 Å². The van der Waals surface area contributed by atoms with E-state index in [2.05, 4.69) is 101 Å². The molecular formula is C20H22N4. The largest absolute Gasteiger partial charge is 0.308 e. The maximum atomic E-state index is 3.60. The summed E-state index contributed by atoms with van der Waals surface area (Å²) < 4.78 is 0. The van der Waals surface area contributed by atoms with Crippen molar-refractivity contribution in [3.8, 4) is 0 Å². The highest BCUT2D eigenvalue weighted by molar-refractivity contribution is 5.66. The fraction of sp³-hybridized carbons (Fsp3) is 0.150. The lowest BCUT2D eigenvalue weighted by atomic mass is 10.1. The van der Waals surface area contributed by atoms with Crippen LogP contribution in [-0.4, -0.2) is 34.3 Å². The molecule has 24 heavy (non-hydrogen) atoms. The average molecular weight is 318 g/mol. The molecule has 0 fully saturated rings. The first-order valence-corrected chi connectivity index (χ1v) is 8.00. The monoisotopic (exact) mass is 318 g/mol. The number of nitrogens with zero attached hydrogens (tertiary/aromatic N) is 3. The molecule has 1 unspecified atom stereocenters. The first-order valence-electron chi connectivity index (χ1n) is 8.00. The standard InChI is InChI=1S/C17H18N2.C3H4N2/c1-18-16(14-9-5-3-6-10-14)13-17(19(18)2)15-11-7-4-8-12-15;1-2-4-5-3-1/h3-13,16H,1-2H3;1-3H,(H,4,5). The van der Waals surface area contributed by atoms with Crippen molar-refractivity contribution in [3.63, 3.8) is 0 Å². The Morgan fingerprint density at radius 2 is 1.54 bits per heavy atom. The van der Waals surface area contributed by atoms with Crippen molar-refractivity contribution in [1.82, 2.24) is 20.2 Å². The lowest BCUT2D eigenvalue weighted by molar-refractivity contribution is 0.0831. The van der Waals surface area contributed by atoms with Crippen LogP contribution in [0.5, 0.6) is 0 Å². The Labute approximate surface area is 143 Å². The summed E-state index contributed by atoms with van der Waals surface area (Å²) in [6, 6.07) is 23.3. The molecule has 2 aromatic carbocycles. The third-order valence-corrected chi connectivity index (χ3v) is 4.16. The van der Waals surface area contributed by atoms with E-state index in [9.17, 15) is 0 Å². The number of likely N-dealkylation sites (N-methyl/N-ethyl adjacent to an activating group) is 1. The van der Waals surface area contributed by atoms with E-state index in [1.165, 1.54) is 16.8 Å². The van der Waals surface area contributed by atoms with E-state index in [-0.39, 0.29) is 0 Å². The lowest BCUT2D eigenvalue weighted by Gasteiger charge is -2.29.